The maximum atomic E-state index is 13.1. The van der Waals surface area contributed by atoms with Crippen molar-refractivity contribution in [3.05, 3.63) is 45.5 Å². The molecule has 1 nitrogen and oxygen atoms in total. The van der Waals surface area contributed by atoms with E-state index in [1.807, 2.05) is 6.07 Å². The molecule has 4 heteroatoms. The smallest absolute Gasteiger partial charge is 0.169 e. The second-order valence-electron chi connectivity index (χ2n) is 3.35. The molecule has 1 aromatic carbocycles. The minimum atomic E-state index is -0.285. The Labute approximate surface area is 105 Å². The van der Waals surface area contributed by atoms with Crippen molar-refractivity contribution in [2.45, 2.75) is 6.92 Å². The summed E-state index contributed by atoms with van der Waals surface area (Å²) in [5, 5.41) is 0. The van der Waals surface area contributed by atoms with E-state index < -0.39 is 0 Å². The van der Waals surface area contributed by atoms with Gasteiger partial charge in [-0.2, -0.15) is 0 Å². The SMILES string of the molecule is CC(=O)c1ccc(-c2ccc(F)c(Br)c2)s1. The first-order valence-electron chi connectivity index (χ1n) is 4.64. The van der Waals surface area contributed by atoms with Crippen LogP contribution in [0.3, 0.4) is 0 Å². The Morgan fingerprint density at radius 2 is 2.06 bits per heavy atom. The highest BCUT2D eigenvalue weighted by atomic mass is 79.9. The number of halogens is 2. The Morgan fingerprint density at radius 1 is 1.31 bits per heavy atom. The van der Waals surface area contributed by atoms with Crippen molar-refractivity contribution in [2.24, 2.45) is 0 Å². The molecule has 0 aliphatic heterocycles. The molecule has 2 aromatic rings. The lowest BCUT2D eigenvalue weighted by Gasteiger charge is -1.99. The average Bonchev–Trinajstić information content (AvgIpc) is 2.71. The summed E-state index contributed by atoms with van der Waals surface area (Å²) in [5.74, 6) is -0.232. The monoisotopic (exact) mass is 298 g/mol. The third-order valence-electron chi connectivity index (χ3n) is 2.16. The normalized spacial score (nSPS) is 10.4. The first-order valence-corrected chi connectivity index (χ1v) is 6.25. The molecule has 0 spiro atoms. The van der Waals surface area contributed by atoms with Crippen LogP contribution in [0.4, 0.5) is 4.39 Å². The van der Waals surface area contributed by atoms with Gasteiger partial charge >= 0.3 is 0 Å². The number of thiophene rings is 1. The fourth-order valence-corrected chi connectivity index (χ4v) is 2.61. The number of carbonyl (C=O) groups is 1. The molecule has 0 aliphatic rings. The molecule has 0 fully saturated rings. The van der Waals surface area contributed by atoms with Crippen LogP contribution in [0.15, 0.2) is 34.8 Å². The summed E-state index contributed by atoms with van der Waals surface area (Å²) in [7, 11) is 0. The van der Waals surface area contributed by atoms with E-state index >= 15 is 0 Å². The van der Waals surface area contributed by atoms with Crippen molar-refractivity contribution < 1.29 is 9.18 Å². The Morgan fingerprint density at radius 3 is 2.62 bits per heavy atom. The zero-order chi connectivity index (χ0) is 11.7. The summed E-state index contributed by atoms with van der Waals surface area (Å²) >= 11 is 4.56. The second-order valence-corrected chi connectivity index (χ2v) is 5.29. The number of Topliss-reactive ketones (excluding diaryl/α,β-unsaturated/α-hetero) is 1. The van der Waals surface area contributed by atoms with Gasteiger partial charge in [0.1, 0.15) is 5.82 Å². The minimum Gasteiger partial charge on any atom is -0.294 e. The lowest BCUT2D eigenvalue weighted by atomic mass is 10.2. The van der Waals surface area contributed by atoms with Gasteiger partial charge < -0.3 is 0 Å². The van der Waals surface area contributed by atoms with Crippen LogP contribution in [0.5, 0.6) is 0 Å². The molecule has 0 bridgehead atoms. The largest absolute Gasteiger partial charge is 0.294 e. The van der Waals surface area contributed by atoms with Gasteiger partial charge in [0, 0.05) is 4.88 Å². The predicted octanol–water partition coefficient (Wildman–Crippen LogP) is 4.52. The highest BCUT2D eigenvalue weighted by molar-refractivity contribution is 9.10. The van der Waals surface area contributed by atoms with Crippen molar-refractivity contribution in [3.8, 4) is 10.4 Å². The van der Waals surface area contributed by atoms with Crippen LogP contribution in [0.1, 0.15) is 16.6 Å². The van der Waals surface area contributed by atoms with E-state index in [2.05, 4.69) is 15.9 Å². The second kappa shape index (κ2) is 4.47. The van der Waals surface area contributed by atoms with Gasteiger partial charge in [-0.15, -0.1) is 11.3 Å². The molecule has 16 heavy (non-hydrogen) atoms. The van der Waals surface area contributed by atoms with E-state index in [-0.39, 0.29) is 11.6 Å². The van der Waals surface area contributed by atoms with Crippen molar-refractivity contribution in [2.75, 3.05) is 0 Å². The van der Waals surface area contributed by atoms with Gasteiger partial charge in [-0.25, -0.2) is 4.39 Å². The number of rotatable bonds is 2. The standard InChI is InChI=1S/C12H8BrFOS/c1-7(15)11-4-5-12(16-11)8-2-3-10(14)9(13)6-8/h2-6H,1H3. The fraction of sp³-hybridized carbons (Fsp3) is 0.0833. The Kier molecular flexibility index (Phi) is 3.21. The van der Waals surface area contributed by atoms with Gasteiger partial charge in [0.05, 0.1) is 9.35 Å². The highest BCUT2D eigenvalue weighted by Gasteiger charge is 2.07. The van der Waals surface area contributed by atoms with E-state index in [9.17, 15) is 9.18 Å². The lowest BCUT2D eigenvalue weighted by Crippen LogP contribution is -1.83. The summed E-state index contributed by atoms with van der Waals surface area (Å²) in [6.45, 7) is 1.54. The number of hydrogen-bond donors (Lipinski definition) is 0. The average molecular weight is 299 g/mol. The van der Waals surface area contributed by atoms with E-state index in [0.717, 1.165) is 15.3 Å². The molecular weight excluding hydrogens is 291 g/mol. The number of carbonyl (C=O) groups excluding carboxylic acids is 1. The molecule has 0 saturated heterocycles. The number of ketones is 1. The quantitative estimate of drug-likeness (QED) is 0.745. The van der Waals surface area contributed by atoms with Crippen LogP contribution in [0.2, 0.25) is 0 Å². The summed E-state index contributed by atoms with van der Waals surface area (Å²) < 4.78 is 13.5. The molecule has 0 saturated carbocycles. The van der Waals surface area contributed by atoms with Gasteiger partial charge in [0.15, 0.2) is 5.78 Å². The zero-order valence-corrected chi connectivity index (χ0v) is 10.9. The van der Waals surface area contributed by atoms with Gasteiger partial charge in [0.2, 0.25) is 0 Å². The van der Waals surface area contributed by atoms with Gasteiger partial charge in [-0.05, 0) is 52.7 Å². The molecule has 0 amide bonds. The Balaban J connectivity index is 2.42. The topological polar surface area (TPSA) is 17.1 Å². The maximum absolute atomic E-state index is 13.1. The number of benzene rings is 1. The van der Waals surface area contributed by atoms with Crippen LogP contribution < -0.4 is 0 Å². The first-order chi connectivity index (χ1) is 7.58. The maximum Gasteiger partial charge on any atom is 0.169 e. The lowest BCUT2D eigenvalue weighted by molar-refractivity contribution is 0.102. The number of hydrogen-bond acceptors (Lipinski definition) is 2. The third kappa shape index (κ3) is 2.23. The summed E-state index contributed by atoms with van der Waals surface area (Å²) in [6.07, 6.45) is 0. The van der Waals surface area contributed by atoms with E-state index in [1.54, 1.807) is 18.2 Å². The molecule has 1 aromatic heterocycles. The molecule has 0 aliphatic carbocycles. The molecule has 2 rings (SSSR count). The van der Waals surface area contributed by atoms with E-state index in [0.29, 0.717) is 4.47 Å². The predicted molar refractivity (Wildman–Crippen MR) is 67.4 cm³/mol. The molecule has 0 unspecified atom stereocenters. The van der Waals surface area contributed by atoms with Gasteiger partial charge in [-0.1, -0.05) is 6.07 Å². The van der Waals surface area contributed by atoms with Crippen LogP contribution >= 0.6 is 27.3 Å². The molecule has 0 atom stereocenters. The highest BCUT2D eigenvalue weighted by Crippen LogP contribution is 2.30. The zero-order valence-electron chi connectivity index (χ0n) is 8.46. The van der Waals surface area contributed by atoms with Gasteiger partial charge in [-0.3, -0.25) is 4.79 Å². The van der Waals surface area contributed by atoms with Crippen molar-refractivity contribution in [1.82, 2.24) is 0 Å². The van der Waals surface area contributed by atoms with E-state index in [4.69, 9.17) is 0 Å². The van der Waals surface area contributed by atoms with Crippen molar-refractivity contribution in [1.29, 1.82) is 0 Å². The first kappa shape index (κ1) is 11.5. The molecule has 0 N–H and O–H groups in total. The van der Waals surface area contributed by atoms with Crippen LogP contribution in [0.25, 0.3) is 10.4 Å². The summed E-state index contributed by atoms with van der Waals surface area (Å²) in [5.41, 5.74) is 0.908. The van der Waals surface area contributed by atoms with Crippen LogP contribution in [0, 0.1) is 5.82 Å². The molecule has 82 valence electrons. The third-order valence-corrected chi connectivity index (χ3v) is 4.00. The van der Waals surface area contributed by atoms with Crippen LogP contribution in [-0.2, 0) is 0 Å². The van der Waals surface area contributed by atoms with E-state index in [1.165, 1.54) is 24.3 Å². The molecular formula is C12H8BrFOS. The van der Waals surface area contributed by atoms with Gasteiger partial charge in [0.25, 0.3) is 0 Å². The Bertz CT molecular complexity index is 548. The van der Waals surface area contributed by atoms with Crippen molar-refractivity contribution >= 4 is 33.0 Å². The Hall–Kier alpha value is -1.00. The fourth-order valence-electron chi connectivity index (χ4n) is 1.33. The molecule has 1 heterocycles. The minimum absolute atomic E-state index is 0.0532. The summed E-state index contributed by atoms with van der Waals surface area (Å²) in [4.78, 5) is 12.8. The molecule has 0 radical (unpaired) electrons. The summed E-state index contributed by atoms with van der Waals surface area (Å²) in [6, 6.07) is 8.49. The van der Waals surface area contributed by atoms with Crippen LogP contribution in [-0.4, -0.2) is 5.78 Å². The van der Waals surface area contributed by atoms with Crippen molar-refractivity contribution in [3.63, 3.8) is 0 Å².